The van der Waals surface area contributed by atoms with E-state index in [2.05, 4.69) is 18.0 Å². The van der Waals surface area contributed by atoms with Gasteiger partial charge in [0, 0.05) is 5.56 Å². The first-order valence-electron chi connectivity index (χ1n) is 5.93. The molecule has 1 heterocycles. The minimum absolute atomic E-state index is 0.185. The normalized spacial score (nSPS) is 10.8. The van der Waals surface area contributed by atoms with Crippen LogP contribution in [0.5, 0.6) is 0 Å². The van der Waals surface area contributed by atoms with Crippen LogP contribution in [0, 0.1) is 12.1 Å². The lowest BCUT2D eigenvalue weighted by Crippen LogP contribution is -1.87. The highest BCUT2D eigenvalue weighted by Gasteiger charge is 2.10. The van der Waals surface area contributed by atoms with Crippen molar-refractivity contribution in [2.75, 3.05) is 0 Å². The Bertz CT molecular complexity index is 505. The number of hydrogen-bond acceptors (Lipinski definition) is 2. The first kappa shape index (κ1) is 12.2. The highest BCUT2D eigenvalue weighted by atomic mass is 32.1. The maximum atomic E-state index is 13.6. The summed E-state index contributed by atoms with van der Waals surface area (Å²) in [6.45, 7) is 4.01. The molecule has 0 atom stereocenters. The second kappa shape index (κ2) is 5.41. The van der Waals surface area contributed by atoms with E-state index in [1.54, 1.807) is 0 Å². The summed E-state index contributed by atoms with van der Waals surface area (Å²) in [6.07, 6.45) is 3.39. The van der Waals surface area contributed by atoms with Crippen LogP contribution in [0.4, 0.5) is 4.39 Å². The summed E-state index contributed by atoms with van der Waals surface area (Å²) in [5, 5.41) is 0.589. The number of benzene rings is 1. The van der Waals surface area contributed by atoms with Crippen molar-refractivity contribution in [3.05, 3.63) is 40.0 Å². The van der Waals surface area contributed by atoms with E-state index in [-0.39, 0.29) is 5.13 Å². The number of nitrogens with zero attached hydrogens (tertiary/aromatic N) is 1. The third kappa shape index (κ3) is 2.91. The molecule has 17 heavy (non-hydrogen) atoms. The molecule has 0 saturated heterocycles. The summed E-state index contributed by atoms with van der Waals surface area (Å²) >= 11 is 1.11. The van der Waals surface area contributed by atoms with E-state index in [0.717, 1.165) is 28.3 Å². The van der Waals surface area contributed by atoms with Crippen LogP contribution in [0.25, 0.3) is 11.3 Å². The molecular formula is C14H16FNS. The van der Waals surface area contributed by atoms with E-state index >= 15 is 0 Å². The molecule has 0 spiro atoms. The predicted molar refractivity (Wildman–Crippen MR) is 70.9 cm³/mol. The Morgan fingerprint density at radius 2 is 2.18 bits per heavy atom. The lowest BCUT2D eigenvalue weighted by molar-refractivity contribution is 0.657. The van der Waals surface area contributed by atoms with Crippen LogP contribution in [0.1, 0.15) is 30.3 Å². The monoisotopic (exact) mass is 249 g/mol. The fraction of sp³-hybridized carbons (Fsp3) is 0.357. The number of halogens is 1. The zero-order chi connectivity index (χ0) is 12.3. The van der Waals surface area contributed by atoms with Gasteiger partial charge in [-0.1, -0.05) is 42.9 Å². The van der Waals surface area contributed by atoms with Crippen molar-refractivity contribution in [3.63, 3.8) is 0 Å². The Kier molecular flexibility index (Phi) is 3.89. The van der Waals surface area contributed by atoms with Gasteiger partial charge in [-0.25, -0.2) is 4.98 Å². The van der Waals surface area contributed by atoms with Crippen LogP contribution in [0.15, 0.2) is 24.3 Å². The van der Waals surface area contributed by atoms with E-state index in [1.165, 1.54) is 18.4 Å². The van der Waals surface area contributed by atoms with E-state index in [4.69, 9.17) is 0 Å². The van der Waals surface area contributed by atoms with Crippen LogP contribution in [0.2, 0.25) is 0 Å². The summed E-state index contributed by atoms with van der Waals surface area (Å²) in [4.78, 5) is 4.25. The predicted octanol–water partition coefficient (Wildman–Crippen LogP) is 4.60. The SMILES string of the molecule is CCCCc1cccc(-c2nc(C)sc2F)c1. The smallest absolute Gasteiger partial charge is 0.204 e. The molecule has 0 amide bonds. The number of aryl methyl sites for hydroxylation is 2. The molecule has 0 unspecified atom stereocenters. The van der Waals surface area contributed by atoms with Gasteiger partial charge in [0.1, 0.15) is 5.69 Å². The molecule has 0 N–H and O–H groups in total. The van der Waals surface area contributed by atoms with Crippen molar-refractivity contribution in [1.82, 2.24) is 4.98 Å². The lowest BCUT2D eigenvalue weighted by atomic mass is 10.0. The molecule has 0 bridgehead atoms. The van der Waals surface area contributed by atoms with E-state index < -0.39 is 0 Å². The first-order valence-corrected chi connectivity index (χ1v) is 6.74. The zero-order valence-corrected chi connectivity index (χ0v) is 11.0. The molecule has 0 fully saturated rings. The molecule has 0 aliphatic heterocycles. The lowest BCUT2D eigenvalue weighted by Gasteiger charge is -2.02. The summed E-state index contributed by atoms with van der Waals surface area (Å²) in [5.74, 6) is 0. The first-order chi connectivity index (χ1) is 8.20. The molecular weight excluding hydrogens is 233 g/mol. The fourth-order valence-corrected chi connectivity index (χ4v) is 2.49. The number of aromatic nitrogens is 1. The highest BCUT2D eigenvalue weighted by molar-refractivity contribution is 7.10. The van der Waals surface area contributed by atoms with Crippen LogP contribution in [-0.4, -0.2) is 4.98 Å². The average Bonchev–Trinajstić information content (AvgIpc) is 2.66. The molecule has 1 aromatic carbocycles. The second-order valence-corrected chi connectivity index (χ2v) is 5.31. The molecule has 2 rings (SSSR count). The number of hydrogen-bond donors (Lipinski definition) is 0. The highest BCUT2D eigenvalue weighted by Crippen LogP contribution is 2.27. The van der Waals surface area contributed by atoms with E-state index in [0.29, 0.717) is 5.69 Å². The van der Waals surface area contributed by atoms with E-state index in [1.807, 2.05) is 25.1 Å². The van der Waals surface area contributed by atoms with Gasteiger partial charge in [0.2, 0.25) is 5.13 Å². The minimum Gasteiger partial charge on any atom is -0.238 e. The molecule has 0 aliphatic carbocycles. The Labute approximate surface area is 105 Å². The van der Waals surface area contributed by atoms with Crippen LogP contribution < -0.4 is 0 Å². The Morgan fingerprint density at radius 3 is 2.82 bits per heavy atom. The number of unbranched alkanes of at least 4 members (excludes halogenated alkanes) is 1. The van der Waals surface area contributed by atoms with Gasteiger partial charge >= 0.3 is 0 Å². The maximum absolute atomic E-state index is 13.6. The van der Waals surface area contributed by atoms with Gasteiger partial charge in [-0.3, -0.25) is 0 Å². The molecule has 0 saturated carbocycles. The van der Waals surface area contributed by atoms with Gasteiger partial charge in [0.25, 0.3) is 0 Å². The van der Waals surface area contributed by atoms with Crippen molar-refractivity contribution < 1.29 is 4.39 Å². The topological polar surface area (TPSA) is 12.9 Å². The summed E-state index contributed by atoms with van der Waals surface area (Å²) < 4.78 is 13.6. The van der Waals surface area contributed by atoms with Gasteiger partial charge in [0.05, 0.1) is 5.01 Å². The molecule has 90 valence electrons. The fourth-order valence-electron chi connectivity index (χ4n) is 1.84. The van der Waals surface area contributed by atoms with Crippen LogP contribution in [0.3, 0.4) is 0 Å². The van der Waals surface area contributed by atoms with Crippen molar-refractivity contribution in [2.45, 2.75) is 33.1 Å². The van der Waals surface area contributed by atoms with Crippen LogP contribution >= 0.6 is 11.3 Å². The maximum Gasteiger partial charge on any atom is 0.204 e. The Morgan fingerprint density at radius 1 is 1.35 bits per heavy atom. The number of thiazole rings is 1. The van der Waals surface area contributed by atoms with Gasteiger partial charge in [-0.15, -0.1) is 0 Å². The van der Waals surface area contributed by atoms with Gasteiger partial charge in [0.15, 0.2) is 0 Å². The molecule has 0 radical (unpaired) electrons. The minimum atomic E-state index is -0.185. The zero-order valence-electron chi connectivity index (χ0n) is 10.2. The Hall–Kier alpha value is -1.22. The molecule has 1 aromatic heterocycles. The van der Waals surface area contributed by atoms with Crippen LogP contribution in [-0.2, 0) is 6.42 Å². The molecule has 2 aromatic rings. The van der Waals surface area contributed by atoms with Gasteiger partial charge in [-0.2, -0.15) is 4.39 Å². The third-order valence-corrected chi connectivity index (χ3v) is 3.47. The molecule has 3 heteroatoms. The van der Waals surface area contributed by atoms with Crippen molar-refractivity contribution in [1.29, 1.82) is 0 Å². The van der Waals surface area contributed by atoms with Crippen molar-refractivity contribution in [2.24, 2.45) is 0 Å². The van der Waals surface area contributed by atoms with E-state index in [9.17, 15) is 4.39 Å². The van der Waals surface area contributed by atoms with Gasteiger partial charge < -0.3 is 0 Å². The molecule has 1 nitrogen and oxygen atoms in total. The average molecular weight is 249 g/mol. The standard InChI is InChI=1S/C14H16FNS/c1-3-4-6-11-7-5-8-12(9-11)13-14(15)17-10(2)16-13/h5,7-9H,3-4,6H2,1-2H3. The van der Waals surface area contributed by atoms with Crippen molar-refractivity contribution >= 4 is 11.3 Å². The summed E-state index contributed by atoms with van der Waals surface area (Å²) in [7, 11) is 0. The quantitative estimate of drug-likeness (QED) is 0.771. The Balaban J connectivity index is 2.29. The summed E-state index contributed by atoms with van der Waals surface area (Å²) in [5.41, 5.74) is 2.64. The van der Waals surface area contributed by atoms with Crippen molar-refractivity contribution in [3.8, 4) is 11.3 Å². The summed E-state index contributed by atoms with van der Waals surface area (Å²) in [6, 6.07) is 8.05. The van der Waals surface area contributed by atoms with Gasteiger partial charge in [-0.05, 0) is 31.4 Å². The number of rotatable bonds is 4. The molecule has 0 aliphatic rings. The largest absolute Gasteiger partial charge is 0.238 e. The third-order valence-electron chi connectivity index (χ3n) is 2.71. The second-order valence-electron chi connectivity index (χ2n) is 4.16.